The summed E-state index contributed by atoms with van der Waals surface area (Å²) in [4.78, 5) is 0. The molecule has 0 saturated carbocycles. The van der Waals surface area contributed by atoms with Crippen LogP contribution in [0.15, 0.2) is 72.5 Å². The molecule has 0 unspecified atom stereocenters. The van der Waals surface area contributed by atoms with Gasteiger partial charge in [0.2, 0.25) is 0 Å². The van der Waals surface area contributed by atoms with Crippen LogP contribution in [-0.4, -0.2) is 0 Å². The molecular weight excluding hydrogens is 274 g/mol. The van der Waals surface area contributed by atoms with Crippen LogP contribution >= 0.6 is 11.3 Å². The summed E-state index contributed by atoms with van der Waals surface area (Å²) in [6, 6.07) is 8.47. The number of nitrogens with one attached hydrogen (secondary N) is 1. The maximum atomic E-state index is 4.22. The fourth-order valence-corrected chi connectivity index (χ4v) is 3.66. The van der Waals surface area contributed by atoms with Crippen LogP contribution in [0.2, 0.25) is 0 Å². The normalized spacial score (nSPS) is 21.7. The van der Waals surface area contributed by atoms with Gasteiger partial charge in [-0.3, -0.25) is 0 Å². The average molecular weight is 291 g/mol. The quantitative estimate of drug-likeness (QED) is 0.891. The Kier molecular flexibility index (Phi) is 3.63. The Hall–Kier alpha value is -2.32. The molecule has 0 saturated heterocycles. The molecule has 0 fully saturated rings. The molecule has 1 N–H and O–H groups in total. The van der Waals surface area contributed by atoms with Crippen molar-refractivity contribution in [1.82, 2.24) is 5.32 Å². The van der Waals surface area contributed by atoms with Crippen molar-refractivity contribution in [2.45, 2.75) is 6.92 Å². The second-order valence-corrected chi connectivity index (χ2v) is 5.95. The van der Waals surface area contributed by atoms with E-state index in [1.165, 1.54) is 19.8 Å². The van der Waals surface area contributed by atoms with E-state index in [1.807, 2.05) is 19.1 Å². The van der Waals surface area contributed by atoms with Gasteiger partial charge in [0.1, 0.15) is 0 Å². The molecule has 0 atom stereocenters. The fourth-order valence-electron chi connectivity index (χ4n) is 2.51. The van der Waals surface area contributed by atoms with Gasteiger partial charge >= 0.3 is 0 Å². The van der Waals surface area contributed by atoms with Crippen molar-refractivity contribution in [2.24, 2.45) is 0 Å². The Morgan fingerprint density at radius 2 is 2.05 bits per heavy atom. The first-order valence-corrected chi connectivity index (χ1v) is 7.71. The number of rotatable bonds is 2. The van der Waals surface area contributed by atoms with Crippen LogP contribution in [0.5, 0.6) is 0 Å². The minimum Gasteiger partial charge on any atom is -0.361 e. The second-order valence-electron chi connectivity index (χ2n) is 4.87. The monoisotopic (exact) mass is 291 g/mol. The first-order valence-electron chi connectivity index (χ1n) is 6.89. The van der Waals surface area contributed by atoms with Crippen molar-refractivity contribution < 1.29 is 0 Å². The van der Waals surface area contributed by atoms with Gasteiger partial charge in [-0.25, -0.2) is 0 Å². The Morgan fingerprint density at radius 1 is 1.24 bits per heavy atom. The van der Waals surface area contributed by atoms with Gasteiger partial charge in [-0.05, 0) is 30.7 Å². The second kappa shape index (κ2) is 5.58. The Bertz CT molecular complexity index is 907. The molecule has 1 aromatic carbocycles. The predicted octanol–water partition coefficient (Wildman–Crippen LogP) is 3.60. The largest absolute Gasteiger partial charge is 0.361 e. The molecule has 2 heteroatoms. The van der Waals surface area contributed by atoms with E-state index in [1.54, 1.807) is 11.3 Å². The molecule has 1 aliphatic heterocycles. The summed E-state index contributed by atoms with van der Waals surface area (Å²) >= 11 is 1.79. The number of thiophene rings is 1. The van der Waals surface area contributed by atoms with Crippen LogP contribution in [0.4, 0.5) is 0 Å². The topological polar surface area (TPSA) is 12.0 Å². The van der Waals surface area contributed by atoms with Gasteiger partial charge < -0.3 is 5.32 Å². The highest BCUT2D eigenvalue weighted by molar-refractivity contribution is 7.17. The van der Waals surface area contributed by atoms with Crippen molar-refractivity contribution in [3.05, 3.63) is 82.2 Å². The SMILES string of the molecule is C=C/C1=C(\C=C/C)C(=C)/C=c2/sc3ccccc3/c2=C/N1. The number of hydrogen-bond acceptors (Lipinski definition) is 2. The van der Waals surface area contributed by atoms with Crippen LogP contribution < -0.4 is 15.1 Å². The van der Waals surface area contributed by atoms with E-state index < -0.39 is 0 Å². The average Bonchev–Trinajstić information content (AvgIpc) is 2.82. The van der Waals surface area contributed by atoms with Crippen molar-refractivity contribution >= 4 is 33.7 Å². The smallest absolute Gasteiger partial charge is 0.0453 e. The van der Waals surface area contributed by atoms with Gasteiger partial charge in [-0.15, -0.1) is 11.3 Å². The lowest BCUT2D eigenvalue weighted by Gasteiger charge is -2.11. The molecule has 2 aromatic rings. The molecule has 0 aliphatic carbocycles. The van der Waals surface area contributed by atoms with Crippen molar-refractivity contribution in [2.75, 3.05) is 0 Å². The van der Waals surface area contributed by atoms with E-state index in [2.05, 4.69) is 61.1 Å². The van der Waals surface area contributed by atoms with E-state index in [-0.39, 0.29) is 0 Å². The maximum absolute atomic E-state index is 4.22. The molecule has 21 heavy (non-hydrogen) atoms. The van der Waals surface area contributed by atoms with Gasteiger partial charge in [0.05, 0.1) is 0 Å². The summed E-state index contributed by atoms with van der Waals surface area (Å²) in [7, 11) is 0. The molecule has 0 radical (unpaired) electrons. The Balaban J connectivity index is 2.33. The third-order valence-electron chi connectivity index (χ3n) is 3.51. The fraction of sp³-hybridized carbons (Fsp3) is 0.0526. The number of allylic oxidation sites excluding steroid dienone is 5. The van der Waals surface area contributed by atoms with Crippen LogP contribution in [0.1, 0.15) is 6.92 Å². The minimum absolute atomic E-state index is 0.982. The highest BCUT2D eigenvalue weighted by atomic mass is 32.1. The lowest BCUT2D eigenvalue weighted by molar-refractivity contribution is 1.15. The first kappa shape index (κ1) is 13.7. The molecule has 1 aromatic heterocycles. The molecular formula is C19H17NS. The minimum atomic E-state index is 0.982. The highest BCUT2D eigenvalue weighted by Crippen LogP contribution is 2.19. The van der Waals surface area contributed by atoms with Gasteiger partial charge in [0.25, 0.3) is 0 Å². The number of fused-ring (bicyclic) bond motifs is 3. The van der Waals surface area contributed by atoms with E-state index >= 15 is 0 Å². The highest BCUT2D eigenvalue weighted by Gasteiger charge is 2.08. The summed E-state index contributed by atoms with van der Waals surface area (Å²) in [5.41, 5.74) is 3.05. The Morgan fingerprint density at radius 3 is 2.81 bits per heavy atom. The Labute approximate surface area is 128 Å². The summed E-state index contributed by atoms with van der Waals surface area (Å²) in [6.45, 7) is 10.1. The first-order chi connectivity index (χ1) is 10.2. The van der Waals surface area contributed by atoms with Gasteiger partial charge in [-0.1, -0.05) is 43.5 Å². The van der Waals surface area contributed by atoms with Crippen LogP contribution in [0.3, 0.4) is 0 Å². The van der Waals surface area contributed by atoms with E-state index in [4.69, 9.17) is 0 Å². The van der Waals surface area contributed by atoms with E-state index in [0.29, 0.717) is 0 Å². The summed E-state index contributed by atoms with van der Waals surface area (Å²) in [5, 5.41) is 5.87. The van der Waals surface area contributed by atoms with Crippen LogP contribution in [0, 0.1) is 0 Å². The molecule has 1 nitrogen and oxygen atoms in total. The molecule has 1 aliphatic rings. The molecule has 0 bridgehead atoms. The maximum Gasteiger partial charge on any atom is 0.0453 e. The van der Waals surface area contributed by atoms with Crippen molar-refractivity contribution in [1.29, 1.82) is 0 Å². The lowest BCUT2D eigenvalue weighted by atomic mass is 10.0. The third-order valence-corrected chi connectivity index (χ3v) is 4.65. The third kappa shape index (κ3) is 2.39. The molecule has 3 rings (SSSR count). The molecule has 2 heterocycles. The molecule has 0 amide bonds. The van der Waals surface area contributed by atoms with Crippen LogP contribution in [0.25, 0.3) is 22.4 Å². The number of benzene rings is 1. The van der Waals surface area contributed by atoms with Crippen LogP contribution in [-0.2, 0) is 0 Å². The van der Waals surface area contributed by atoms with Gasteiger partial charge in [0.15, 0.2) is 0 Å². The van der Waals surface area contributed by atoms with Crippen molar-refractivity contribution in [3.63, 3.8) is 0 Å². The predicted molar refractivity (Wildman–Crippen MR) is 94.3 cm³/mol. The summed E-state index contributed by atoms with van der Waals surface area (Å²) in [6.07, 6.45) is 10.2. The van der Waals surface area contributed by atoms with Gasteiger partial charge in [0, 0.05) is 37.3 Å². The van der Waals surface area contributed by atoms with E-state index in [9.17, 15) is 0 Å². The number of hydrogen-bond donors (Lipinski definition) is 1. The zero-order valence-electron chi connectivity index (χ0n) is 12.0. The zero-order valence-corrected chi connectivity index (χ0v) is 12.8. The van der Waals surface area contributed by atoms with Gasteiger partial charge in [-0.2, -0.15) is 0 Å². The zero-order chi connectivity index (χ0) is 14.8. The van der Waals surface area contributed by atoms with E-state index in [0.717, 1.165) is 16.8 Å². The molecule has 0 spiro atoms. The summed E-state index contributed by atoms with van der Waals surface area (Å²) < 4.78 is 2.53. The summed E-state index contributed by atoms with van der Waals surface area (Å²) in [5.74, 6) is 0. The van der Waals surface area contributed by atoms with Crippen molar-refractivity contribution in [3.8, 4) is 0 Å². The lowest BCUT2D eigenvalue weighted by Crippen LogP contribution is -2.25. The standard InChI is InChI=1S/C19H17NS/c1-4-8-14-13(3)11-19-16(12-20-17(14)5-2)15-9-6-7-10-18(15)21-19/h4-12,20H,2-3H2,1H3/b8-4-,16-12-,17-14-,19-11+. The molecule has 104 valence electrons.